The Kier molecular flexibility index (Phi) is 15.0. The Morgan fingerprint density at radius 1 is 0.690 bits per heavy atom. The Morgan fingerprint density at radius 3 is 1.52 bits per heavy atom. The third kappa shape index (κ3) is 14.6. The van der Waals surface area contributed by atoms with Gasteiger partial charge in [-0.2, -0.15) is 0 Å². The van der Waals surface area contributed by atoms with Crippen molar-refractivity contribution < 1.29 is 4.74 Å². The van der Waals surface area contributed by atoms with Crippen LogP contribution >= 0.6 is 0 Å². The number of hydrogen-bond acceptors (Lipinski definition) is 2. The molecule has 0 spiro atoms. The lowest BCUT2D eigenvalue weighted by molar-refractivity contribution is 0.117. The lowest BCUT2D eigenvalue weighted by Crippen LogP contribution is -2.48. The first-order chi connectivity index (χ1) is 14.0. The van der Waals surface area contributed by atoms with Crippen molar-refractivity contribution >= 4 is 0 Å². The number of unbranched alkanes of at least 4 members (excludes halogenated alkanes) is 14. The van der Waals surface area contributed by atoms with Gasteiger partial charge >= 0.3 is 0 Å². The molecule has 0 aliphatic rings. The second-order valence-corrected chi connectivity index (χ2v) is 9.48. The molecular weight excluding hydrogens is 354 g/mol. The molecule has 0 radical (unpaired) electrons. The van der Waals surface area contributed by atoms with Crippen molar-refractivity contribution in [3.63, 3.8) is 0 Å². The largest absolute Gasteiger partial charge is 0.489 e. The molecular formula is C27H49NO. The predicted octanol–water partition coefficient (Wildman–Crippen LogP) is 8.43. The lowest BCUT2D eigenvalue weighted by Gasteiger charge is -2.31. The van der Waals surface area contributed by atoms with E-state index in [0.29, 0.717) is 0 Å². The molecule has 0 bridgehead atoms. The Morgan fingerprint density at radius 2 is 1.10 bits per heavy atom. The van der Waals surface area contributed by atoms with E-state index in [1.165, 1.54) is 96.3 Å². The normalized spacial score (nSPS) is 12.8. The van der Waals surface area contributed by atoms with Gasteiger partial charge in [0, 0.05) is 5.54 Å². The Hall–Kier alpha value is -1.02. The lowest BCUT2D eigenvalue weighted by atomic mass is 9.93. The van der Waals surface area contributed by atoms with Gasteiger partial charge in [0.25, 0.3) is 0 Å². The summed E-state index contributed by atoms with van der Waals surface area (Å²) in [5.41, 5.74) is 6.05. The highest BCUT2D eigenvalue weighted by molar-refractivity contribution is 5.21. The molecule has 0 saturated heterocycles. The fourth-order valence-electron chi connectivity index (χ4n) is 3.95. The Balaban J connectivity index is 1.97. The summed E-state index contributed by atoms with van der Waals surface area (Å²) in [7, 11) is 0. The maximum Gasteiger partial charge on any atom is 0.119 e. The van der Waals surface area contributed by atoms with Crippen LogP contribution < -0.4 is 10.5 Å². The van der Waals surface area contributed by atoms with Gasteiger partial charge in [0.1, 0.15) is 11.9 Å². The molecule has 0 heterocycles. The highest BCUT2D eigenvalue weighted by atomic mass is 16.5. The van der Waals surface area contributed by atoms with Crippen LogP contribution in [0.1, 0.15) is 124 Å². The van der Waals surface area contributed by atoms with Gasteiger partial charge in [-0.3, -0.25) is 0 Å². The van der Waals surface area contributed by atoms with E-state index >= 15 is 0 Å². The summed E-state index contributed by atoms with van der Waals surface area (Å²) in [6.07, 6.45) is 22.1. The second kappa shape index (κ2) is 16.7. The number of hydrogen-bond donors (Lipinski definition) is 1. The summed E-state index contributed by atoms with van der Waals surface area (Å²) in [5, 5.41) is 0. The van der Waals surface area contributed by atoms with E-state index in [9.17, 15) is 0 Å². The number of rotatable bonds is 19. The molecule has 1 unspecified atom stereocenters. The van der Waals surface area contributed by atoms with E-state index in [4.69, 9.17) is 10.5 Å². The molecule has 1 atom stereocenters. The average molecular weight is 404 g/mol. The van der Waals surface area contributed by atoms with Gasteiger partial charge in [-0.1, -0.05) is 115 Å². The highest BCUT2D eigenvalue weighted by Gasteiger charge is 2.26. The van der Waals surface area contributed by atoms with Gasteiger partial charge in [0.05, 0.1) is 0 Å². The zero-order valence-corrected chi connectivity index (χ0v) is 19.8. The summed E-state index contributed by atoms with van der Waals surface area (Å²) in [5.74, 6) is 0.928. The van der Waals surface area contributed by atoms with Crippen molar-refractivity contribution in [3.8, 4) is 5.75 Å². The maximum atomic E-state index is 6.36. The van der Waals surface area contributed by atoms with Crippen LogP contribution in [0.5, 0.6) is 5.75 Å². The van der Waals surface area contributed by atoms with E-state index in [1.807, 2.05) is 30.3 Å². The molecule has 0 fully saturated rings. The van der Waals surface area contributed by atoms with Crippen molar-refractivity contribution in [1.29, 1.82) is 0 Å². The summed E-state index contributed by atoms with van der Waals surface area (Å²) in [4.78, 5) is 0. The highest BCUT2D eigenvalue weighted by Crippen LogP contribution is 2.22. The van der Waals surface area contributed by atoms with Crippen LogP contribution in [0.25, 0.3) is 0 Å². The SMILES string of the molecule is CCCCCCCCCCCCCCCCCC(Oc1ccccc1)C(C)(C)N. The quantitative estimate of drug-likeness (QED) is 0.235. The van der Waals surface area contributed by atoms with Gasteiger partial charge in [-0.05, 0) is 38.8 Å². The number of para-hydroxylation sites is 1. The minimum atomic E-state index is -0.314. The molecule has 1 rings (SSSR count). The molecule has 1 aromatic carbocycles. The van der Waals surface area contributed by atoms with Gasteiger partial charge < -0.3 is 10.5 Å². The summed E-state index contributed by atoms with van der Waals surface area (Å²) in [6, 6.07) is 10.1. The number of benzene rings is 1. The van der Waals surface area contributed by atoms with E-state index in [-0.39, 0.29) is 11.6 Å². The Labute approximate surface area is 182 Å². The van der Waals surface area contributed by atoms with Gasteiger partial charge in [-0.15, -0.1) is 0 Å². The minimum Gasteiger partial charge on any atom is -0.489 e. The van der Waals surface area contributed by atoms with Crippen molar-refractivity contribution in [2.75, 3.05) is 0 Å². The third-order valence-corrected chi connectivity index (χ3v) is 5.92. The zero-order valence-electron chi connectivity index (χ0n) is 19.8. The van der Waals surface area contributed by atoms with E-state index in [2.05, 4.69) is 20.8 Å². The number of ether oxygens (including phenoxy) is 1. The minimum absolute atomic E-state index is 0.0758. The first-order valence-corrected chi connectivity index (χ1v) is 12.5. The first kappa shape index (κ1) is 26.0. The molecule has 0 aromatic heterocycles. The molecule has 168 valence electrons. The van der Waals surface area contributed by atoms with Crippen LogP contribution in [-0.2, 0) is 0 Å². The molecule has 0 aliphatic heterocycles. The fourth-order valence-corrected chi connectivity index (χ4v) is 3.95. The van der Waals surface area contributed by atoms with Crippen LogP contribution in [0, 0.1) is 0 Å². The standard InChI is InChI=1S/C27H49NO/c1-4-5-6-7-8-9-10-11-12-13-14-15-16-17-21-24-26(27(2,3)28)29-25-22-19-18-20-23-25/h18-20,22-23,26H,4-17,21,24,28H2,1-3H3. The molecule has 0 amide bonds. The van der Waals surface area contributed by atoms with Crippen LogP contribution in [0.15, 0.2) is 30.3 Å². The van der Waals surface area contributed by atoms with E-state index < -0.39 is 0 Å². The van der Waals surface area contributed by atoms with Gasteiger partial charge in [-0.25, -0.2) is 0 Å². The van der Waals surface area contributed by atoms with Crippen LogP contribution in [0.3, 0.4) is 0 Å². The van der Waals surface area contributed by atoms with Gasteiger partial charge in [0.15, 0.2) is 0 Å². The van der Waals surface area contributed by atoms with E-state index in [1.54, 1.807) is 0 Å². The molecule has 0 aliphatic carbocycles. The molecule has 2 nitrogen and oxygen atoms in total. The molecule has 1 aromatic rings. The fraction of sp³-hybridized carbons (Fsp3) is 0.778. The third-order valence-electron chi connectivity index (χ3n) is 5.92. The van der Waals surface area contributed by atoms with Crippen molar-refractivity contribution in [2.45, 2.75) is 135 Å². The molecule has 29 heavy (non-hydrogen) atoms. The summed E-state index contributed by atoms with van der Waals surface area (Å²) in [6.45, 7) is 6.44. The summed E-state index contributed by atoms with van der Waals surface area (Å²) >= 11 is 0. The van der Waals surface area contributed by atoms with Crippen molar-refractivity contribution in [1.82, 2.24) is 0 Å². The summed E-state index contributed by atoms with van der Waals surface area (Å²) < 4.78 is 6.17. The van der Waals surface area contributed by atoms with Crippen LogP contribution in [0.4, 0.5) is 0 Å². The van der Waals surface area contributed by atoms with Crippen LogP contribution in [0.2, 0.25) is 0 Å². The number of nitrogens with two attached hydrogens (primary N) is 1. The second-order valence-electron chi connectivity index (χ2n) is 9.48. The topological polar surface area (TPSA) is 35.2 Å². The van der Waals surface area contributed by atoms with Gasteiger partial charge in [0.2, 0.25) is 0 Å². The monoisotopic (exact) mass is 403 g/mol. The average Bonchev–Trinajstić information content (AvgIpc) is 2.70. The maximum absolute atomic E-state index is 6.36. The smallest absolute Gasteiger partial charge is 0.119 e. The molecule has 2 heteroatoms. The zero-order chi connectivity index (χ0) is 21.2. The molecule has 0 saturated carbocycles. The molecule has 2 N–H and O–H groups in total. The first-order valence-electron chi connectivity index (χ1n) is 12.5. The predicted molar refractivity (Wildman–Crippen MR) is 129 cm³/mol. The Bertz CT molecular complexity index is 465. The van der Waals surface area contributed by atoms with Crippen molar-refractivity contribution in [2.24, 2.45) is 5.73 Å². The van der Waals surface area contributed by atoms with E-state index in [0.717, 1.165) is 12.2 Å². The van der Waals surface area contributed by atoms with Crippen molar-refractivity contribution in [3.05, 3.63) is 30.3 Å². The van der Waals surface area contributed by atoms with Crippen LogP contribution in [-0.4, -0.2) is 11.6 Å².